The van der Waals surface area contributed by atoms with Crippen molar-refractivity contribution >= 4 is 29.0 Å². The number of urea groups is 1. The van der Waals surface area contributed by atoms with Gasteiger partial charge in [0.25, 0.3) is 0 Å². The Bertz CT molecular complexity index is 1100. The third kappa shape index (κ3) is 8.10. The van der Waals surface area contributed by atoms with Crippen LogP contribution in [0.5, 0.6) is 5.75 Å². The zero-order chi connectivity index (χ0) is 25.8. The van der Waals surface area contributed by atoms with Crippen molar-refractivity contribution in [3.8, 4) is 5.75 Å². The molecule has 3 amide bonds. The van der Waals surface area contributed by atoms with E-state index in [-0.39, 0.29) is 18.5 Å². The molecule has 0 aliphatic heterocycles. The molecule has 192 valence electrons. The van der Waals surface area contributed by atoms with E-state index in [2.05, 4.69) is 18.3 Å². The monoisotopic (exact) mass is 509 g/mol. The third-order valence-corrected chi connectivity index (χ3v) is 6.76. The lowest BCUT2D eigenvalue weighted by molar-refractivity contribution is -0.133. The van der Waals surface area contributed by atoms with E-state index in [1.165, 1.54) is 0 Å². The molecule has 0 radical (unpaired) electrons. The summed E-state index contributed by atoms with van der Waals surface area (Å²) in [5.74, 6) is 0.448. The highest BCUT2D eigenvalue weighted by atomic mass is 32.1. The maximum absolute atomic E-state index is 13.6. The van der Waals surface area contributed by atoms with Crippen LogP contribution in [-0.4, -0.2) is 55.2 Å². The van der Waals surface area contributed by atoms with E-state index in [1.807, 2.05) is 59.7 Å². The summed E-state index contributed by atoms with van der Waals surface area (Å²) < 4.78 is 10.8. The van der Waals surface area contributed by atoms with Gasteiger partial charge in [-0.2, -0.15) is 0 Å². The first kappa shape index (κ1) is 27.2. The molecule has 1 heterocycles. The molecule has 0 fully saturated rings. The molecule has 36 heavy (non-hydrogen) atoms. The SMILES string of the molecule is CCOCCCN(CC(=O)N(Cc1ccccc1)Cc1sccc1C)C(=O)Nc1ccccc1OC. The van der Waals surface area contributed by atoms with Gasteiger partial charge in [-0.1, -0.05) is 42.5 Å². The van der Waals surface area contributed by atoms with Crippen molar-refractivity contribution in [3.05, 3.63) is 82.0 Å². The highest BCUT2D eigenvalue weighted by Gasteiger charge is 2.23. The minimum absolute atomic E-state index is 0.0373. The van der Waals surface area contributed by atoms with Crippen molar-refractivity contribution in [3.63, 3.8) is 0 Å². The van der Waals surface area contributed by atoms with Gasteiger partial charge in [0.05, 0.1) is 19.3 Å². The highest BCUT2D eigenvalue weighted by Crippen LogP contribution is 2.24. The van der Waals surface area contributed by atoms with Crippen molar-refractivity contribution in [2.45, 2.75) is 33.4 Å². The summed E-state index contributed by atoms with van der Waals surface area (Å²) in [6.07, 6.45) is 0.628. The number of rotatable bonds is 13. The molecule has 0 bridgehead atoms. The fourth-order valence-electron chi connectivity index (χ4n) is 3.74. The molecule has 3 rings (SSSR count). The van der Waals surface area contributed by atoms with Crippen LogP contribution in [0, 0.1) is 6.92 Å². The zero-order valence-electron chi connectivity index (χ0n) is 21.2. The lowest BCUT2D eigenvalue weighted by atomic mass is 10.2. The van der Waals surface area contributed by atoms with Gasteiger partial charge >= 0.3 is 6.03 Å². The average Bonchev–Trinajstić information content (AvgIpc) is 3.30. The van der Waals surface area contributed by atoms with Crippen LogP contribution < -0.4 is 10.1 Å². The third-order valence-electron chi connectivity index (χ3n) is 5.75. The lowest BCUT2D eigenvalue weighted by Crippen LogP contribution is -2.44. The molecule has 2 aromatic carbocycles. The van der Waals surface area contributed by atoms with Crippen molar-refractivity contribution < 1.29 is 19.1 Å². The molecular formula is C28H35N3O4S. The number of carbonyl (C=O) groups excluding carboxylic acids is 2. The van der Waals surface area contributed by atoms with Crippen molar-refractivity contribution in [1.82, 2.24) is 9.80 Å². The van der Waals surface area contributed by atoms with Crippen molar-refractivity contribution in [2.75, 3.05) is 38.7 Å². The maximum atomic E-state index is 13.6. The van der Waals surface area contributed by atoms with Crippen molar-refractivity contribution in [1.29, 1.82) is 0 Å². The first-order chi connectivity index (χ1) is 17.5. The first-order valence-corrected chi connectivity index (χ1v) is 13.0. The predicted molar refractivity (Wildman–Crippen MR) is 144 cm³/mol. The number of amides is 3. The molecular weight excluding hydrogens is 474 g/mol. The van der Waals surface area contributed by atoms with Gasteiger partial charge in [-0.15, -0.1) is 11.3 Å². The molecule has 8 heteroatoms. The number of ether oxygens (including phenoxy) is 2. The molecule has 0 unspecified atom stereocenters. The Hall–Kier alpha value is -3.36. The molecule has 3 aromatic rings. The number of nitrogens with zero attached hydrogens (tertiary/aromatic N) is 2. The Balaban J connectivity index is 1.77. The summed E-state index contributed by atoms with van der Waals surface area (Å²) in [5, 5.41) is 4.94. The van der Waals surface area contributed by atoms with Gasteiger partial charge in [0.1, 0.15) is 12.3 Å². The standard InChI is InChI=1S/C28H35N3O4S/c1-4-35-17-10-16-30(28(33)29-24-13-8-9-14-25(24)34-3)21-27(32)31(19-23-11-6-5-7-12-23)20-26-22(2)15-18-36-26/h5-9,11-15,18H,4,10,16-17,19-21H2,1-3H3,(H,29,33). The van der Waals surface area contributed by atoms with Gasteiger partial charge in [0.2, 0.25) is 5.91 Å². The van der Waals surface area contributed by atoms with E-state index in [0.717, 1.165) is 16.0 Å². The van der Waals surface area contributed by atoms with Gasteiger partial charge in [-0.05, 0) is 55.0 Å². The number of carbonyl (C=O) groups is 2. The number of hydrogen-bond acceptors (Lipinski definition) is 5. The summed E-state index contributed by atoms with van der Waals surface area (Å²) in [6.45, 7) is 6.44. The number of benzene rings is 2. The fourth-order valence-corrected chi connectivity index (χ4v) is 4.66. The molecule has 7 nitrogen and oxygen atoms in total. The highest BCUT2D eigenvalue weighted by molar-refractivity contribution is 7.10. The largest absolute Gasteiger partial charge is 0.495 e. The normalized spacial score (nSPS) is 10.6. The van der Waals surface area contributed by atoms with Gasteiger partial charge in [0, 0.05) is 31.2 Å². The van der Waals surface area contributed by atoms with Gasteiger partial charge in [-0.3, -0.25) is 4.79 Å². The lowest BCUT2D eigenvalue weighted by Gasteiger charge is -2.28. The van der Waals surface area contributed by atoms with E-state index in [9.17, 15) is 9.59 Å². The number of hydrogen-bond donors (Lipinski definition) is 1. The molecule has 0 atom stereocenters. The summed E-state index contributed by atoms with van der Waals surface area (Å²) in [4.78, 5) is 31.4. The van der Waals surface area contributed by atoms with Crippen LogP contribution in [0.15, 0.2) is 66.0 Å². The minimum atomic E-state index is -0.351. The summed E-state index contributed by atoms with van der Waals surface area (Å²) >= 11 is 1.64. The van der Waals surface area contributed by atoms with E-state index in [4.69, 9.17) is 9.47 Å². The van der Waals surface area contributed by atoms with E-state index < -0.39 is 0 Å². The first-order valence-electron chi connectivity index (χ1n) is 12.1. The predicted octanol–water partition coefficient (Wildman–Crippen LogP) is 5.55. The van der Waals surface area contributed by atoms with Crippen LogP contribution in [-0.2, 0) is 22.6 Å². The summed E-state index contributed by atoms with van der Waals surface area (Å²) in [7, 11) is 1.56. The Morgan fingerprint density at radius 1 is 0.972 bits per heavy atom. The Morgan fingerprint density at radius 2 is 1.72 bits per heavy atom. The average molecular weight is 510 g/mol. The topological polar surface area (TPSA) is 71.1 Å². The number of para-hydroxylation sites is 2. The molecule has 1 aromatic heterocycles. The Kier molecular flexibility index (Phi) is 10.8. The quantitative estimate of drug-likeness (QED) is 0.307. The van der Waals surface area contributed by atoms with Crippen LogP contribution in [0.3, 0.4) is 0 Å². The smallest absolute Gasteiger partial charge is 0.322 e. The summed E-state index contributed by atoms with van der Waals surface area (Å²) in [5.41, 5.74) is 2.76. The van der Waals surface area contributed by atoms with Crippen molar-refractivity contribution in [2.24, 2.45) is 0 Å². The molecule has 0 saturated heterocycles. The second-order valence-electron chi connectivity index (χ2n) is 8.36. The van der Waals surface area contributed by atoms with Crippen LogP contribution in [0.1, 0.15) is 29.3 Å². The molecule has 0 aliphatic rings. The zero-order valence-corrected chi connectivity index (χ0v) is 22.1. The van der Waals surface area contributed by atoms with E-state index in [0.29, 0.717) is 50.7 Å². The Labute approximate surface area is 217 Å². The number of aryl methyl sites for hydroxylation is 1. The number of nitrogens with one attached hydrogen (secondary N) is 1. The van der Waals surface area contributed by atoms with Crippen LogP contribution in [0.2, 0.25) is 0 Å². The maximum Gasteiger partial charge on any atom is 0.322 e. The number of anilines is 1. The fraction of sp³-hybridized carbons (Fsp3) is 0.357. The van der Waals surface area contributed by atoms with E-state index in [1.54, 1.807) is 35.5 Å². The number of methoxy groups -OCH3 is 1. The molecule has 1 N–H and O–H groups in total. The van der Waals surface area contributed by atoms with Crippen LogP contribution in [0.4, 0.5) is 10.5 Å². The van der Waals surface area contributed by atoms with Gasteiger partial charge in [-0.25, -0.2) is 4.79 Å². The Morgan fingerprint density at radius 3 is 2.42 bits per heavy atom. The van der Waals surface area contributed by atoms with Crippen LogP contribution in [0.25, 0.3) is 0 Å². The van der Waals surface area contributed by atoms with E-state index >= 15 is 0 Å². The molecule has 0 aliphatic carbocycles. The minimum Gasteiger partial charge on any atom is -0.495 e. The van der Waals surface area contributed by atoms with Gasteiger partial charge < -0.3 is 24.6 Å². The second kappa shape index (κ2) is 14.3. The van der Waals surface area contributed by atoms with Gasteiger partial charge in [0.15, 0.2) is 0 Å². The summed E-state index contributed by atoms with van der Waals surface area (Å²) in [6, 6.07) is 18.8. The molecule has 0 spiro atoms. The molecule has 0 saturated carbocycles. The van der Waals surface area contributed by atoms with Crippen LogP contribution >= 0.6 is 11.3 Å². The second-order valence-corrected chi connectivity index (χ2v) is 9.37. The number of thiophene rings is 1.